The summed E-state index contributed by atoms with van der Waals surface area (Å²) in [4.78, 5) is 35.5. The summed E-state index contributed by atoms with van der Waals surface area (Å²) in [5, 5.41) is 0. The zero-order valence-electron chi connectivity index (χ0n) is 15.7. The SMILES string of the molecule is C=C(C)C(=O)OC1CC(CCC2(OC(=O)C(=C)C)CCCCC2)OC1=O. The molecule has 0 radical (unpaired) electrons. The zero-order chi connectivity index (χ0) is 19.3. The van der Waals surface area contributed by atoms with E-state index < -0.39 is 23.6 Å². The van der Waals surface area contributed by atoms with Crippen molar-refractivity contribution in [1.29, 1.82) is 0 Å². The molecule has 0 N–H and O–H groups in total. The summed E-state index contributed by atoms with van der Waals surface area (Å²) >= 11 is 0. The van der Waals surface area contributed by atoms with Gasteiger partial charge in [-0.25, -0.2) is 14.4 Å². The van der Waals surface area contributed by atoms with Crippen molar-refractivity contribution in [2.45, 2.75) is 83.0 Å². The standard InChI is InChI=1S/C20H28O6/c1-13(2)17(21)25-16-12-15(24-19(16)23)8-11-20(9-6-5-7-10-20)26-18(22)14(3)4/h15-16H,1,3,5-12H2,2,4H3. The molecule has 0 aromatic carbocycles. The smallest absolute Gasteiger partial charge is 0.347 e. The molecule has 1 saturated heterocycles. The summed E-state index contributed by atoms with van der Waals surface area (Å²) < 4.78 is 16.2. The van der Waals surface area contributed by atoms with Gasteiger partial charge in [0.15, 0.2) is 0 Å². The molecule has 2 fully saturated rings. The van der Waals surface area contributed by atoms with Crippen LogP contribution in [-0.4, -0.2) is 35.7 Å². The molecule has 144 valence electrons. The van der Waals surface area contributed by atoms with Crippen LogP contribution in [0.4, 0.5) is 0 Å². The van der Waals surface area contributed by atoms with Crippen LogP contribution in [0.25, 0.3) is 0 Å². The fourth-order valence-corrected chi connectivity index (χ4v) is 3.43. The van der Waals surface area contributed by atoms with Gasteiger partial charge in [0.1, 0.15) is 11.7 Å². The van der Waals surface area contributed by atoms with Crippen LogP contribution in [0, 0.1) is 0 Å². The first-order chi connectivity index (χ1) is 12.2. The molecule has 0 aromatic heterocycles. The van der Waals surface area contributed by atoms with Crippen LogP contribution in [0.1, 0.15) is 65.2 Å². The number of hydrogen-bond donors (Lipinski definition) is 0. The zero-order valence-corrected chi connectivity index (χ0v) is 15.7. The number of rotatable bonds is 7. The Kier molecular flexibility index (Phi) is 6.62. The van der Waals surface area contributed by atoms with Gasteiger partial charge in [0, 0.05) is 17.6 Å². The van der Waals surface area contributed by atoms with E-state index in [4.69, 9.17) is 14.2 Å². The highest BCUT2D eigenvalue weighted by Crippen LogP contribution is 2.37. The summed E-state index contributed by atoms with van der Waals surface area (Å²) in [5.74, 6) is -1.49. The van der Waals surface area contributed by atoms with Gasteiger partial charge in [-0.1, -0.05) is 19.6 Å². The molecule has 2 aliphatic rings. The Morgan fingerprint density at radius 2 is 1.73 bits per heavy atom. The second kappa shape index (κ2) is 8.52. The Morgan fingerprint density at radius 1 is 1.12 bits per heavy atom. The van der Waals surface area contributed by atoms with Gasteiger partial charge in [-0.15, -0.1) is 0 Å². The van der Waals surface area contributed by atoms with Crippen LogP contribution in [0.2, 0.25) is 0 Å². The molecule has 1 aliphatic carbocycles. The van der Waals surface area contributed by atoms with Gasteiger partial charge in [-0.3, -0.25) is 0 Å². The van der Waals surface area contributed by atoms with Crippen molar-refractivity contribution in [3.8, 4) is 0 Å². The van der Waals surface area contributed by atoms with Crippen LogP contribution in [-0.2, 0) is 28.6 Å². The predicted octanol–water partition coefficient (Wildman–Crippen LogP) is 3.39. The van der Waals surface area contributed by atoms with Crippen molar-refractivity contribution < 1.29 is 28.6 Å². The van der Waals surface area contributed by atoms with Crippen molar-refractivity contribution in [3.63, 3.8) is 0 Å². The number of carbonyl (C=O) groups excluding carboxylic acids is 3. The van der Waals surface area contributed by atoms with E-state index in [1.165, 1.54) is 6.92 Å². The van der Waals surface area contributed by atoms with Crippen molar-refractivity contribution in [1.82, 2.24) is 0 Å². The van der Waals surface area contributed by atoms with Gasteiger partial charge in [0.25, 0.3) is 0 Å². The Morgan fingerprint density at radius 3 is 2.31 bits per heavy atom. The number of carbonyl (C=O) groups is 3. The fourth-order valence-electron chi connectivity index (χ4n) is 3.43. The van der Waals surface area contributed by atoms with Crippen LogP contribution in [0.5, 0.6) is 0 Å². The van der Waals surface area contributed by atoms with E-state index >= 15 is 0 Å². The van der Waals surface area contributed by atoms with Crippen LogP contribution < -0.4 is 0 Å². The molecule has 2 unspecified atom stereocenters. The van der Waals surface area contributed by atoms with E-state index in [2.05, 4.69) is 13.2 Å². The van der Waals surface area contributed by atoms with E-state index in [0.717, 1.165) is 32.1 Å². The van der Waals surface area contributed by atoms with Gasteiger partial charge in [-0.2, -0.15) is 0 Å². The van der Waals surface area contributed by atoms with Gasteiger partial charge < -0.3 is 14.2 Å². The Balaban J connectivity index is 1.93. The van der Waals surface area contributed by atoms with E-state index in [1.807, 2.05) is 0 Å². The largest absolute Gasteiger partial charge is 0.459 e. The van der Waals surface area contributed by atoms with Crippen molar-refractivity contribution in [3.05, 3.63) is 24.3 Å². The van der Waals surface area contributed by atoms with Gasteiger partial charge in [0.2, 0.25) is 6.10 Å². The highest BCUT2D eigenvalue weighted by atomic mass is 16.6. The fraction of sp³-hybridized carbons (Fsp3) is 0.650. The first-order valence-corrected chi connectivity index (χ1v) is 9.18. The molecule has 0 aromatic rings. The maximum Gasteiger partial charge on any atom is 0.347 e. The summed E-state index contributed by atoms with van der Waals surface area (Å²) in [7, 11) is 0. The first kappa shape index (κ1) is 20.2. The number of ether oxygens (including phenoxy) is 3. The Hall–Kier alpha value is -2.11. The second-order valence-electron chi connectivity index (χ2n) is 7.42. The molecule has 1 aliphatic heterocycles. The molecule has 6 nitrogen and oxygen atoms in total. The minimum absolute atomic E-state index is 0.245. The van der Waals surface area contributed by atoms with Crippen LogP contribution in [0.15, 0.2) is 24.3 Å². The molecular weight excluding hydrogens is 336 g/mol. The molecular formula is C20H28O6. The highest BCUT2D eigenvalue weighted by molar-refractivity contribution is 5.90. The Bertz CT molecular complexity index is 599. The topological polar surface area (TPSA) is 78.9 Å². The van der Waals surface area contributed by atoms with Crippen LogP contribution in [0.3, 0.4) is 0 Å². The lowest BCUT2D eigenvalue weighted by Gasteiger charge is -2.37. The predicted molar refractivity (Wildman–Crippen MR) is 95.1 cm³/mol. The molecule has 26 heavy (non-hydrogen) atoms. The summed E-state index contributed by atoms with van der Waals surface area (Å²) in [5.41, 5.74) is 0.107. The normalized spacial score (nSPS) is 24.5. The third-order valence-electron chi connectivity index (χ3n) is 4.96. The minimum Gasteiger partial charge on any atom is -0.459 e. The maximum atomic E-state index is 12.0. The lowest BCUT2D eigenvalue weighted by molar-refractivity contribution is -0.162. The first-order valence-electron chi connectivity index (χ1n) is 9.18. The monoisotopic (exact) mass is 364 g/mol. The summed E-state index contributed by atoms with van der Waals surface area (Å²) in [6.45, 7) is 10.3. The summed E-state index contributed by atoms with van der Waals surface area (Å²) in [6, 6.07) is 0. The van der Waals surface area contributed by atoms with E-state index in [1.54, 1.807) is 6.92 Å². The molecule has 6 heteroatoms. The lowest BCUT2D eigenvalue weighted by Crippen LogP contribution is -2.38. The number of esters is 3. The van der Waals surface area contributed by atoms with Gasteiger partial charge in [0.05, 0.1) is 0 Å². The minimum atomic E-state index is -0.885. The molecule has 2 rings (SSSR count). The number of cyclic esters (lactones) is 1. The molecule has 1 saturated carbocycles. The van der Waals surface area contributed by atoms with Crippen molar-refractivity contribution in [2.24, 2.45) is 0 Å². The van der Waals surface area contributed by atoms with Gasteiger partial charge >= 0.3 is 17.9 Å². The second-order valence-corrected chi connectivity index (χ2v) is 7.42. The van der Waals surface area contributed by atoms with E-state index in [-0.39, 0.29) is 17.6 Å². The molecule has 0 spiro atoms. The van der Waals surface area contributed by atoms with Crippen molar-refractivity contribution >= 4 is 17.9 Å². The van der Waals surface area contributed by atoms with E-state index in [0.29, 0.717) is 24.8 Å². The van der Waals surface area contributed by atoms with E-state index in [9.17, 15) is 14.4 Å². The van der Waals surface area contributed by atoms with Gasteiger partial charge in [-0.05, 0) is 52.4 Å². The highest BCUT2D eigenvalue weighted by Gasteiger charge is 2.41. The summed E-state index contributed by atoms with van der Waals surface area (Å²) in [6.07, 6.45) is 5.03. The van der Waals surface area contributed by atoms with Crippen LogP contribution >= 0.6 is 0 Å². The number of hydrogen-bond acceptors (Lipinski definition) is 6. The molecule has 1 heterocycles. The molecule has 0 bridgehead atoms. The maximum absolute atomic E-state index is 12.0. The quantitative estimate of drug-likeness (QED) is 0.391. The average molecular weight is 364 g/mol. The average Bonchev–Trinajstić information content (AvgIpc) is 2.93. The third kappa shape index (κ3) is 5.19. The molecule has 2 atom stereocenters. The Labute approximate surface area is 154 Å². The third-order valence-corrected chi connectivity index (χ3v) is 4.96. The lowest BCUT2D eigenvalue weighted by atomic mass is 9.80. The van der Waals surface area contributed by atoms with Crippen molar-refractivity contribution in [2.75, 3.05) is 0 Å². The molecule has 0 amide bonds.